The zero-order valence-electron chi connectivity index (χ0n) is 10.5. The second kappa shape index (κ2) is 5.07. The van der Waals surface area contributed by atoms with Crippen molar-refractivity contribution in [3.63, 3.8) is 0 Å². The van der Waals surface area contributed by atoms with Crippen molar-refractivity contribution in [2.24, 2.45) is 0 Å². The molecule has 3 rings (SSSR count). The first-order valence-corrected chi connectivity index (χ1v) is 6.39. The Bertz CT molecular complexity index is 714. The Morgan fingerprint density at radius 2 is 1.42 bits per heavy atom. The van der Waals surface area contributed by atoms with Crippen molar-refractivity contribution >= 4 is 17.1 Å². The summed E-state index contributed by atoms with van der Waals surface area (Å²) in [4.78, 5) is 10.9. The average molecular weight is 246 g/mol. The molecule has 0 saturated heterocycles. The quantitative estimate of drug-likeness (QED) is 0.631. The highest BCUT2D eigenvalue weighted by Gasteiger charge is 2.06. The third kappa shape index (κ3) is 2.27. The summed E-state index contributed by atoms with van der Waals surface area (Å²) in [6, 6.07) is 22.7. The van der Waals surface area contributed by atoms with Crippen molar-refractivity contribution in [2.75, 3.05) is 0 Å². The maximum Gasteiger partial charge on any atom is 0.124 e. The van der Waals surface area contributed by atoms with Gasteiger partial charge < -0.3 is 4.79 Å². The summed E-state index contributed by atoms with van der Waals surface area (Å²) in [7, 11) is 0. The lowest BCUT2D eigenvalue weighted by Gasteiger charge is -2.10. The number of carbonyl (C=O) groups is 1. The summed E-state index contributed by atoms with van der Waals surface area (Å²) >= 11 is 0. The van der Waals surface area contributed by atoms with Gasteiger partial charge in [0.2, 0.25) is 0 Å². The van der Waals surface area contributed by atoms with Gasteiger partial charge in [-0.2, -0.15) is 0 Å². The van der Waals surface area contributed by atoms with Crippen LogP contribution in [0.5, 0.6) is 0 Å². The fourth-order valence-corrected chi connectivity index (χ4v) is 2.43. The molecule has 0 atom stereocenters. The van der Waals surface area contributed by atoms with E-state index in [1.807, 2.05) is 30.3 Å². The minimum Gasteiger partial charge on any atom is -0.303 e. The van der Waals surface area contributed by atoms with Gasteiger partial charge in [-0.05, 0) is 33.5 Å². The standard InChI is InChI=1S/C18H14O/c19-11-10-17-12-15-8-4-5-9-16(15)13-18(17)14-6-2-1-3-7-14/h1-9,11-13H,10H2. The molecule has 0 spiro atoms. The van der Waals surface area contributed by atoms with Gasteiger partial charge in [0, 0.05) is 6.42 Å². The number of fused-ring (bicyclic) bond motifs is 1. The Kier molecular flexibility index (Phi) is 3.11. The van der Waals surface area contributed by atoms with Gasteiger partial charge in [0.15, 0.2) is 0 Å². The molecular formula is C18H14O. The molecule has 3 aromatic carbocycles. The monoisotopic (exact) mass is 246 g/mol. The normalized spacial score (nSPS) is 10.5. The van der Waals surface area contributed by atoms with E-state index in [9.17, 15) is 4.79 Å². The zero-order valence-corrected chi connectivity index (χ0v) is 10.5. The van der Waals surface area contributed by atoms with Crippen LogP contribution in [0.25, 0.3) is 21.9 Å². The van der Waals surface area contributed by atoms with Crippen LogP contribution < -0.4 is 0 Å². The molecule has 0 heterocycles. The van der Waals surface area contributed by atoms with E-state index in [1.54, 1.807) is 0 Å². The van der Waals surface area contributed by atoms with Crippen molar-refractivity contribution < 1.29 is 4.79 Å². The molecule has 0 aliphatic heterocycles. The Labute approximate surface area is 112 Å². The molecule has 1 nitrogen and oxygen atoms in total. The number of benzene rings is 3. The van der Waals surface area contributed by atoms with Gasteiger partial charge in [0.05, 0.1) is 0 Å². The van der Waals surface area contributed by atoms with E-state index in [4.69, 9.17) is 0 Å². The molecule has 0 N–H and O–H groups in total. The van der Waals surface area contributed by atoms with Crippen LogP contribution in [0.15, 0.2) is 66.7 Å². The molecule has 92 valence electrons. The molecule has 0 radical (unpaired) electrons. The minimum absolute atomic E-state index is 0.453. The van der Waals surface area contributed by atoms with E-state index < -0.39 is 0 Å². The summed E-state index contributed by atoms with van der Waals surface area (Å²) in [5.41, 5.74) is 3.39. The molecule has 0 aromatic heterocycles. The van der Waals surface area contributed by atoms with Crippen LogP contribution in [0.3, 0.4) is 0 Å². The lowest BCUT2D eigenvalue weighted by molar-refractivity contribution is -0.107. The lowest BCUT2D eigenvalue weighted by atomic mass is 9.94. The van der Waals surface area contributed by atoms with Gasteiger partial charge >= 0.3 is 0 Å². The lowest BCUT2D eigenvalue weighted by Crippen LogP contribution is -1.92. The number of rotatable bonds is 3. The second-order valence-electron chi connectivity index (χ2n) is 4.59. The molecule has 0 unspecified atom stereocenters. The second-order valence-corrected chi connectivity index (χ2v) is 4.59. The summed E-state index contributed by atoms with van der Waals surface area (Å²) in [6.45, 7) is 0. The van der Waals surface area contributed by atoms with E-state index in [0.717, 1.165) is 23.0 Å². The molecule has 0 bridgehead atoms. The number of hydrogen-bond donors (Lipinski definition) is 0. The Hall–Kier alpha value is -2.41. The maximum atomic E-state index is 10.9. The van der Waals surface area contributed by atoms with Crippen molar-refractivity contribution in [1.29, 1.82) is 0 Å². The van der Waals surface area contributed by atoms with E-state index in [0.29, 0.717) is 6.42 Å². The zero-order chi connectivity index (χ0) is 13.1. The van der Waals surface area contributed by atoms with Crippen molar-refractivity contribution in [1.82, 2.24) is 0 Å². The van der Waals surface area contributed by atoms with Crippen LogP contribution >= 0.6 is 0 Å². The average Bonchev–Trinajstić information content (AvgIpc) is 2.48. The molecule has 0 fully saturated rings. The van der Waals surface area contributed by atoms with Crippen LogP contribution in [-0.2, 0) is 11.2 Å². The third-order valence-corrected chi connectivity index (χ3v) is 3.36. The van der Waals surface area contributed by atoms with Crippen molar-refractivity contribution in [2.45, 2.75) is 6.42 Å². The van der Waals surface area contributed by atoms with Crippen LogP contribution in [0.4, 0.5) is 0 Å². The first-order chi connectivity index (χ1) is 9.38. The molecular weight excluding hydrogens is 232 g/mol. The molecule has 0 aliphatic rings. The highest BCUT2D eigenvalue weighted by atomic mass is 16.1. The Morgan fingerprint density at radius 1 is 0.789 bits per heavy atom. The van der Waals surface area contributed by atoms with E-state index in [2.05, 4.69) is 36.4 Å². The van der Waals surface area contributed by atoms with E-state index in [1.165, 1.54) is 10.8 Å². The molecule has 0 aliphatic carbocycles. The predicted octanol–water partition coefficient (Wildman–Crippen LogP) is 4.25. The summed E-state index contributed by atoms with van der Waals surface area (Å²) in [5.74, 6) is 0. The Morgan fingerprint density at radius 3 is 2.11 bits per heavy atom. The number of carbonyl (C=O) groups excluding carboxylic acids is 1. The van der Waals surface area contributed by atoms with Crippen molar-refractivity contribution in [3.05, 3.63) is 72.3 Å². The largest absolute Gasteiger partial charge is 0.303 e. The fourth-order valence-electron chi connectivity index (χ4n) is 2.43. The summed E-state index contributed by atoms with van der Waals surface area (Å²) in [5, 5.41) is 2.38. The van der Waals surface area contributed by atoms with Gasteiger partial charge in [-0.25, -0.2) is 0 Å². The van der Waals surface area contributed by atoms with E-state index >= 15 is 0 Å². The maximum absolute atomic E-state index is 10.9. The summed E-state index contributed by atoms with van der Waals surface area (Å²) < 4.78 is 0. The van der Waals surface area contributed by atoms with Gasteiger partial charge in [-0.3, -0.25) is 0 Å². The van der Waals surface area contributed by atoms with Crippen LogP contribution in [0.1, 0.15) is 5.56 Å². The van der Waals surface area contributed by atoms with Crippen LogP contribution in [0, 0.1) is 0 Å². The highest BCUT2D eigenvalue weighted by molar-refractivity contribution is 5.90. The third-order valence-electron chi connectivity index (χ3n) is 3.36. The molecule has 0 amide bonds. The first-order valence-electron chi connectivity index (χ1n) is 6.39. The topological polar surface area (TPSA) is 17.1 Å². The Balaban J connectivity index is 2.26. The van der Waals surface area contributed by atoms with E-state index in [-0.39, 0.29) is 0 Å². The van der Waals surface area contributed by atoms with Crippen LogP contribution in [0.2, 0.25) is 0 Å². The first kappa shape index (κ1) is 11.7. The van der Waals surface area contributed by atoms with Gasteiger partial charge in [0.1, 0.15) is 6.29 Å². The number of hydrogen-bond acceptors (Lipinski definition) is 1. The SMILES string of the molecule is O=CCc1cc2ccccc2cc1-c1ccccc1. The molecule has 1 heteroatoms. The van der Waals surface area contributed by atoms with Gasteiger partial charge in [0.25, 0.3) is 0 Å². The van der Waals surface area contributed by atoms with Gasteiger partial charge in [-0.15, -0.1) is 0 Å². The molecule has 19 heavy (non-hydrogen) atoms. The molecule has 3 aromatic rings. The van der Waals surface area contributed by atoms with Crippen molar-refractivity contribution in [3.8, 4) is 11.1 Å². The minimum atomic E-state index is 0.453. The van der Waals surface area contributed by atoms with Gasteiger partial charge in [-0.1, -0.05) is 60.7 Å². The summed E-state index contributed by atoms with van der Waals surface area (Å²) in [6.07, 6.45) is 1.42. The molecule has 0 saturated carbocycles. The predicted molar refractivity (Wildman–Crippen MR) is 79.2 cm³/mol. The highest BCUT2D eigenvalue weighted by Crippen LogP contribution is 2.28. The fraction of sp³-hybridized carbons (Fsp3) is 0.0556. The number of aldehydes is 1. The smallest absolute Gasteiger partial charge is 0.124 e. The van der Waals surface area contributed by atoms with Crippen LogP contribution in [-0.4, -0.2) is 6.29 Å².